The molecule has 2 heterocycles. The lowest BCUT2D eigenvalue weighted by atomic mass is 10.2. The van der Waals surface area contributed by atoms with E-state index < -0.39 is 0 Å². The fraction of sp³-hybridized carbons (Fsp3) is 0.692. The molecule has 0 bridgehead atoms. The second kappa shape index (κ2) is 6.30. The van der Waals surface area contributed by atoms with E-state index in [1.807, 2.05) is 0 Å². The number of piperazine rings is 1. The zero-order chi connectivity index (χ0) is 13.9. The van der Waals surface area contributed by atoms with Crippen molar-refractivity contribution in [3.63, 3.8) is 0 Å². The maximum Gasteiger partial charge on any atom is 0.416 e. The van der Waals surface area contributed by atoms with Gasteiger partial charge in [-0.2, -0.15) is 5.10 Å². The molecule has 110 valence electrons. The third-order valence-corrected chi connectivity index (χ3v) is 4.93. The second-order valence-corrected chi connectivity index (χ2v) is 6.54. The third kappa shape index (κ3) is 3.08. The van der Waals surface area contributed by atoms with Crippen LogP contribution in [0.3, 0.4) is 0 Å². The molecule has 20 heavy (non-hydrogen) atoms. The standard InChI is InChI=1S/C13H19IN4O2/c14-11-9-15-16-12(11)20-13(19)18-7-5-17(6-8-18)10-3-1-2-4-10/h9-10H,1-8H2,(H,15,16). The van der Waals surface area contributed by atoms with E-state index in [2.05, 4.69) is 37.7 Å². The molecule has 0 spiro atoms. The Balaban J connectivity index is 1.50. The SMILES string of the molecule is O=C(Oc1[nH]ncc1I)N1CCN(C2CCCC2)CC1. The molecule has 7 heteroatoms. The molecule has 6 nitrogen and oxygen atoms in total. The predicted molar refractivity (Wildman–Crippen MR) is 82.7 cm³/mol. The summed E-state index contributed by atoms with van der Waals surface area (Å²) >= 11 is 2.09. The lowest BCUT2D eigenvalue weighted by molar-refractivity contribution is 0.0891. The Labute approximate surface area is 132 Å². The number of aromatic amines is 1. The molecule has 0 aromatic carbocycles. The number of nitrogens with zero attached hydrogens (tertiary/aromatic N) is 3. The van der Waals surface area contributed by atoms with E-state index in [-0.39, 0.29) is 6.09 Å². The molecule has 2 aliphatic rings. The van der Waals surface area contributed by atoms with Crippen LogP contribution in [0, 0.1) is 3.57 Å². The van der Waals surface area contributed by atoms with Gasteiger partial charge < -0.3 is 9.64 Å². The maximum atomic E-state index is 12.1. The molecule has 0 atom stereocenters. The van der Waals surface area contributed by atoms with Crippen molar-refractivity contribution in [1.29, 1.82) is 0 Å². The first-order valence-corrected chi connectivity index (χ1v) is 8.21. The Hall–Kier alpha value is -0.830. The summed E-state index contributed by atoms with van der Waals surface area (Å²) in [5.74, 6) is 0.439. The van der Waals surface area contributed by atoms with E-state index in [9.17, 15) is 4.79 Å². The van der Waals surface area contributed by atoms with E-state index >= 15 is 0 Å². The molecule has 1 N–H and O–H groups in total. The average molecular weight is 390 g/mol. The fourth-order valence-electron chi connectivity index (χ4n) is 3.02. The lowest BCUT2D eigenvalue weighted by Crippen LogP contribution is -2.52. The van der Waals surface area contributed by atoms with Gasteiger partial charge in [0.1, 0.15) is 0 Å². The lowest BCUT2D eigenvalue weighted by Gasteiger charge is -2.37. The average Bonchev–Trinajstić information content (AvgIpc) is 3.12. The number of hydrogen-bond donors (Lipinski definition) is 1. The molecule has 1 aromatic heterocycles. The van der Waals surface area contributed by atoms with E-state index in [0.29, 0.717) is 5.88 Å². The van der Waals surface area contributed by atoms with Gasteiger partial charge in [0.2, 0.25) is 5.88 Å². The molecule has 1 aliphatic heterocycles. The molecular formula is C13H19IN4O2. The highest BCUT2D eigenvalue weighted by Gasteiger charge is 2.28. The van der Waals surface area contributed by atoms with Crippen LogP contribution in [0.1, 0.15) is 25.7 Å². The number of aromatic nitrogens is 2. The van der Waals surface area contributed by atoms with Crippen LogP contribution in [-0.4, -0.2) is 58.3 Å². The van der Waals surface area contributed by atoms with Crippen LogP contribution in [0.5, 0.6) is 5.88 Å². The number of halogens is 1. The van der Waals surface area contributed by atoms with Crippen molar-refractivity contribution < 1.29 is 9.53 Å². The van der Waals surface area contributed by atoms with E-state index in [0.717, 1.165) is 35.8 Å². The first kappa shape index (κ1) is 14.1. The van der Waals surface area contributed by atoms with E-state index in [1.54, 1.807) is 11.1 Å². The second-order valence-electron chi connectivity index (χ2n) is 5.38. The van der Waals surface area contributed by atoms with Crippen molar-refractivity contribution in [3.05, 3.63) is 9.77 Å². The van der Waals surface area contributed by atoms with Crippen LogP contribution in [0.4, 0.5) is 4.79 Å². The number of nitrogens with one attached hydrogen (secondary N) is 1. The fourth-order valence-corrected chi connectivity index (χ4v) is 3.39. The van der Waals surface area contributed by atoms with Gasteiger partial charge in [-0.3, -0.25) is 4.90 Å². The number of amides is 1. The third-order valence-electron chi connectivity index (χ3n) is 4.16. The Morgan fingerprint density at radius 2 is 2.00 bits per heavy atom. The zero-order valence-corrected chi connectivity index (χ0v) is 13.5. The normalized spacial score (nSPS) is 21.4. The summed E-state index contributed by atoms with van der Waals surface area (Å²) in [6, 6.07) is 0.738. The van der Waals surface area contributed by atoms with Crippen molar-refractivity contribution >= 4 is 28.7 Å². The highest BCUT2D eigenvalue weighted by atomic mass is 127. The molecule has 2 fully saturated rings. The largest absolute Gasteiger partial charge is 0.416 e. The van der Waals surface area contributed by atoms with Gasteiger partial charge in [0.05, 0.1) is 9.77 Å². The molecule has 1 saturated carbocycles. The molecule has 0 radical (unpaired) electrons. The van der Waals surface area contributed by atoms with Crippen LogP contribution in [0.2, 0.25) is 0 Å². The summed E-state index contributed by atoms with van der Waals surface area (Å²) in [5.41, 5.74) is 0. The van der Waals surface area contributed by atoms with Gasteiger partial charge in [0.15, 0.2) is 0 Å². The molecule has 1 saturated heterocycles. The summed E-state index contributed by atoms with van der Waals surface area (Å²) in [7, 11) is 0. The van der Waals surface area contributed by atoms with Crippen LogP contribution in [0.25, 0.3) is 0 Å². The monoisotopic (exact) mass is 390 g/mol. The van der Waals surface area contributed by atoms with Crippen molar-refractivity contribution in [1.82, 2.24) is 20.0 Å². The summed E-state index contributed by atoms with van der Waals surface area (Å²) in [6.45, 7) is 3.42. The minimum Gasteiger partial charge on any atom is -0.390 e. The molecule has 0 unspecified atom stereocenters. The molecule has 3 rings (SSSR count). The quantitative estimate of drug-likeness (QED) is 0.786. The summed E-state index contributed by atoms with van der Waals surface area (Å²) < 4.78 is 6.15. The van der Waals surface area contributed by atoms with Crippen LogP contribution < -0.4 is 4.74 Å². The van der Waals surface area contributed by atoms with Gasteiger partial charge in [-0.1, -0.05) is 12.8 Å². The van der Waals surface area contributed by atoms with Crippen molar-refractivity contribution in [2.24, 2.45) is 0 Å². The minimum atomic E-state index is -0.279. The first-order valence-electron chi connectivity index (χ1n) is 7.14. The van der Waals surface area contributed by atoms with E-state index in [1.165, 1.54) is 25.7 Å². The number of ether oxygens (including phenoxy) is 1. The highest BCUT2D eigenvalue weighted by molar-refractivity contribution is 14.1. The Kier molecular flexibility index (Phi) is 4.45. The topological polar surface area (TPSA) is 61.5 Å². The van der Waals surface area contributed by atoms with Gasteiger partial charge in [-0.05, 0) is 35.4 Å². The Bertz CT molecular complexity index is 465. The van der Waals surface area contributed by atoms with Gasteiger partial charge in [0, 0.05) is 32.2 Å². The molecule has 1 aromatic rings. The maximum absolute atomic E-state index is 12.1. The van der Waals surface area contributed by atoms with Crippen molar-refractivity contribution in [2.45, 2.75) is 31.7 Å². The summed E-state index contributed by atoms with van der Waals surface area (Å²) in [5, 5.41) is 6.54. The highest BCUT2D eigenvalue weighted by Crippen LogP contribution is 2.24. The molecule has 1 aliphatic carbocycles. The first-order chi connectivity index (χ1) is 9.74. The smallest absolute Gasteiger partial charge is 0.390 e. The van der Waals surface area contributed by atoms with Crippen LogP contribution >= 0.6 is 22.6 Å². The molecular weight excluding hydrogens is 371 g/mol. The zero-order valence-electron chi connectivity index (χ0n) is 11.3. The summed E-state index contributed by atoms with van der Waals surface area (Å²) in [6.07, 6.45) is 6.70. The number of H-pyrrole nitrogens is 1. The Morgan fingerprint density at radius 1 is 1.30 bits per heavy atom. The Morgan fingerprint density at radius 3 is 2.60 bits per heavy atom. The van der Waals surface area contributed by atoms with Gasteiger partial charge in [-0.15, -0.1) is 0 Å². The number of carbonyl (C=O) groups is 1. The van der Waals surface area contributed by atoms with Gasteiger partial charge in [0.25, 0.3) is 0 Å². The van der Waals surface area contributed by atoms with Crippen molar-refractivity contribution in [2.75, 3.05) is 26.2 Å². The number of hydrogen-bond acceptors (Lipinski definition) is 4. The van der Waals surface area contributed by atoms with Gasteiger partial charge in [-0.25, -0.2) is 9.89 Å². The van der Waals surface area contributed by atoms with Crippen LogP contribution in [-0.2, 0) is 0 Å². The number of rotatable bonds is 2. The van der Waals surface area contributed by atoms with Crippen LogP contribution in [0.15, 0.2) is 6.20 Å². The predicted octanol–water partition coefficient (Wildman–Crippen LogP) is 2.07. The van der Waals surface area contributed by atoms with Crippen molar-refractivity contribution in [3.8, 4) is 5.88 Å². The molecule has 1 amide bonds. The number of carbonyl (C=O) groups excluding carboxylic acids is 1. The van der Waals surface area contributed by atoms with E-state index in [4.69, 9.17) is 4.74 Å². The summed E-state index contributed by atoms with van der Waals surface area (Å²) in [4.78, 5) is 16.4. The van der Waals surface area contributed by atoms with Gasteiger partial charge >= 0.3 is 6.09 Å². The minimum absolute atomic E-state index is 0.279.